The topological polar surface area (TPSA) is 29.9 Å². The summed E-state index contributed by atoms with van der Waals surface area (Å²) >= 11 is 3.18. The molecule has 1 N–H and O–H groups in total. The molecular weight excluding hydrogens is 335 g/mol. The fourth-order valence-corrected chi connectivity index (χ4v) is 2.17. The van der Waals surface area contributed by atoms with E-state index in [2.05, 4.69) is 26.2 Å². The summed E-state index contributed by atoms with van der Waals surface area (Å²) in [4.78, 5) is 3.90. The highest BCUT2D eigenvalue weighted by molar-refractivity contribution is 9.10. The van der Waals surface area contributed by atoms with Crippen molar-refractivity contribution in [2.24, 2.45) is 0 Å². The molecule has 1 aromatic carbocycles. The first kappa shape index (κ1) is 14.9. The molecular formula is C13H13BrF3N3. The third-order valence-corrected chi connectivity index (χ3v) is 3.25. The van der Waals surface area contributed by atoms with Crippen LogP contribution in [-0.2, 0) is 12.7 Å². The van der Waals surface area contributed by atoms with Gasteiger partial charge in [-0.2, -0.15) is 13.2 Å². The van der Waals surface area contributed by atoms with Crippen LogP contribution in [0.5, 0.6) is 0 Å². The molecule has 1 aromatic heterocycles. The summed E-state index contributed by atoms with van der Waals surface area (Å²) in [5, 5.41) is 2.84. The summed E-state index contributed by atoms with van der Waals surface area (Å²) in [7, 11) is 0. The van der Waals surface area contributed by atoms with Crippen molar-refractivity contribution in [1.82, 2.24) is 9.55 Å². The van der Waals surface area contributed by atoms with Crippen molar-refractivity contribution in [1.29, 1.82) is 0 Å². The lowest BCUT2D eigenvalue weighted by Gasteiger charge is -2.15. The summed E-state index contributed by atoms with van der Waals surface area (Å²) in [6, 6.07) is 3.90. The number of aromatic nitrogens is 2. The van der Waals surface area contributed by atoms with E-state index in [1.807, 2.05) is 10.8 Å². The van der Waals surface area contributed by atoms with E-state index in [1.165, 1.54) is 12.1 Å². The lowest BCUT2D eigenvalue weighted by Crippen LogP contribution is -2.12. The van der Waals surface area contributed by atoms with E-state index >= 15 is 0 Å². The van der Waals surface area contributed by atoms with Crippen molar-refractivity contribution < 1.29 is 13.2 Å². The first-order chi connectivity index (χ1) is 9.47. The second-order valence-corrected chi connectivity index (χ2v) is 5.18. The largest absolute Gasteiger partial charge is 0.418 e. The zero-order valence-electron chi connectivity index (χ0n) is 10.5. The van der Waals surface area contributed by atoms with Crippen molar-refractivity contribution in [3.05, 3.63) is 47.0 Å². The van der Waals surface area contributed by atoms with Crippen LogP contribution in [0, 0.1) is 0 Å². The predicted molar refractivity (Wildman–Crippen MR) is 74.5 cm³/mol. The van der Waals surface area contributed by atoms with Crippen LogP contribution >= 0.6 is 15.9 Å². The van der Waals surface area contributed by atoms with Crippen LogP contribution < -0.4 is 5.32 Å². The maximum atomic E-state index is 12.8. The molecule has 0 fully saturated rings. The second-order valence-electron chi connectivity index (χ2n) is 4.27. The minimum atomic E-state index is -4.35. The number of hydrogen-bond acceptors (Lipinski definition) is 2. The van der Waals surface area contributed by atoms with Gasteiger partial charge in [-0.25, -0.2) is 4.98 Å². The highest BCUT2D eigenvalue weighted by atomic mass is 79.9. The van der Waals surface area contributed by atoms with Gasteiger partial charge < -0.3 is 9.88 Å². The van der Waals surface area contributed by atoms with Crippen LogP contribution in [0.3, 0.4) is 0 Å². The lowest BCUT2D eigenvalue weighted by atomic mass is 10.1. The Bertz CT molecular complexity index is 552. The number of rotatable bonds is 5. The summed E-state index contributed by atoms with van der Waals surface area (Å²) < 4.78 is 41.0. The summed E-state index contributed by atoms with van der Waals surface area (Å²) in [6.45, 7) is 1.17. The van der Waals surface area contributed by atoms with Crippen LogP contribution in [0.2, 0.25) is 0 Å². The summed E-state index contributed by atoms with van der Waals surface area (Å²) in [5.41, 5.74) is -0.555. The van der Waals surface area contributed by atoms with Crippen molar-refractivity contribution in [3.63, 3.8) is 0 Å². The average Bonchev–Trinajstić information content (AvgIpc) is 2.86. The van der Waals surface area contributed by atoms with Gasteiger partial charge in [0.05, 0.1) is 11.9 Å². The molecule has 0 unspecified atom stereocenters. The van der Waals surface area contributed by atoms with Gasteiger partial charge in [0.15, 0.2) is 0 Å². The lowest BCUT2D eigenvalue weighted by molar-refractivity contribution is -0.137. The number of hydrogen-bond donors (Lipinski definition) is 1. The van der Waals surface area contributed by atoms with Gasteiger partial charge in [-0.3, -0.25) is 0 Å². The van der Waals surface area contributed by atoms with E-state index in [4.69, 9.17) is 0 Å². The Morgan fingerprint density at radius 2 is 2.10 bits per heavy atom. The van der Waals surface area contributed by atoms with Crippen molar-refractivity contribution in [2.45, 2.75) is 19.1 Å². The molecule has 0 aliphatic carbocycles. The Labute approximate surface area is 123 Å². The first-order valence-corrected chi connectivity index (χ1v) is 6.82. The highest BCUT2D eigenvalue weighted by Gasteiger charge is 2.33. The highest BCUT2D eigenvalue weighted by Crippen LogP contribution is 2.36. The van der Waals surface area contributed by atoms with Gasteiger partial charge in [0.1, 0.15) is 0 Å². The van der Waals surface area contributed by atoms with E-state index < -0.39 is 11.7 Å². The number of nitrogens with one attached hydrogen (secondary N) is 1. The van der Waals surface area contributed by atoms with Crippen LogP contribution in [0.1, 0.15) is 12.0 Å². The van der Waals surface area contributed by atoms with E-state index in [9.17, 15) is 13.2 Å². The molecule has 0 aliphatic heterocycles. The molecule has 0 amide bonds. The maximum absolute atomic E-state index is 12.8. The van der Waals surface area contributed by atoms with Gasteiger partial charge in [0, 0.05) is 35.6 Å². The fourth-order valence-electron chi connectivity index (χ4n) is 1.81. The number of aryl methyl sites for hydroxylation is 1. The molecule has 2 rings (SSSR count). The molecule has 3 nitrogen and oxygen atoms in total. The standard InChI is InChI=1S/C13H13BrF3N3/c14-10-2-3-11(13(15,16)17)12(8-10)19-4-1-6-20-7-5-18-9-20/h2-3,5,7-9,19H,1,4,6H2. The molecule has 0 spiro atoms. The fraction of sp³-hybridized carbons (Fsp3) is 0.308. The third kappa shape index (κ3) is 4.00. The molecule has 1 heterocycles. The zero-order valence-corrected chi connectivity index (χ0v) is 12.1. The summed E-state index contributed by atoms with van der Waals surface area (Å²) in [5.74, 6) is 0. The van der Waals surface area contributed by atoms with E-state index in [0.717, 1.165) is 6.07 Å². The van der Waals surface area contributed by atoms with Crippen LogP contribution in [-0.4, -0.2) is 16.1 Å². The van der Waals surface area contributed by atoms with Gasteiger partial charge in [0.2, 0.25) is 0 Å². The Kier molecular flexibility index (Phi) is 4.69. The summed E-state index contributed by atoms with van der Waals surface area (Å²) in [6.07, 6.45) is 1.53. The Hall–Kier alpha value is -1.50. The second kappa shape index (κ2) is 6.30. The zero-order chi connectivity index (χ0) is 14.6. The minimum absolute atomic E-state index is 0.0949. The van der Waals surface area contributed by atoms with E-state index in [-0.39, 0.29) is 5.69 Å². The smallest absolute Gasteiger partial charge is 0.384 e. The molecule has 0 atom stereocenters. The number of imidazole rings is 1. The Morgan fingerprint density at radius 3 is 2.75 bits per heavy atom. The number of benzene rings is 1. The van der Waals surface area contributed by atoms with Crippen molar-refractivity contribution in [3.8, 4) is 0 Å². The predicted octanol–water partition coefficient (Wildman–Crippen LogP) is 4.17. The number of halogens is 4. The molecule has 108 valence electrons. The molecule has 0 bridgehead atoms. The Morgan fingerprint density at radius 1 is 1.30 bits per heavy atom. The van der Waals surface area contributed by atoms with Crippen LogP contribution in [0.15, 0.2) is 41.4 Å². The third-order valence-electron chi connectivity index (χ3n) is 2.75. The van der Waals surface area contributed by atoms with Crippen molar-refractivity contribution >= 4 is 21.6 Å². The van der Waals surface area contributed by atoms with Crippen LogP contribution in [0.25, 0.3) is 0 Å². The average molecular weight is 348 g/mol. The molecule has 0 aliphatic rings. The SMILES string of the molecule is FC(F)(F)c1ccc(Br)cc1NCCCn1ccnc1. The van der Waals surface area contributed by atoms with Gasteiger partial charge >= 0.3 is 6.18 Å². The number of anilines is 1. The van der Waals surface area contributed by atoms with E-state index in [1.54, 1.807) is 12.5 Å². The monoisotopic (exact) mass is 347 g/mol. The van der Waals surface area contributed by atoms with Gasteiger partial charge in [-0.05, 0) is 24.6 Å². The van der Waals surface area contributed by atoms with Gasteiger partial charge in [0.25, 0.3) is 0 Å². The normalized spacial score (nSPS) is 11.6. The quantitative estimate of drug-likeness (QED) is 0.822. The molecule has 7 heteroatoms. The van der Waals surface area contributed by atoms with E-state index in [0.29, 0.717) is 24.0 Å². The number of alkyl halides is 3. The maximum Gasteiger partial charge on any atom is 0.418 e. The molecule has 2 aromatic rings. The minimum Gasteiger partial charge on any atom is -0.384 e. The molecule has 20 heavy (non-hydrogen) atoms. The van der Waals surface area contributed by atoms with Crippen LogP contribution in [0.4, 0.5) is 18.9 Å². The molecule has 0 saturated carbocycles. The molecule has 0 saturated heterocycles. The van der Waals surface area contributed by atoms with Crippen molar-refractivity contribution in [2.75, 3.05) is 11.9 Å². The van der Waals surface area contributed by atoms with Gasteiger partial charge in [-0.15, -0.1) is 0 Å². The Balaban J connectivity index is 1.96. The molecule has 0 radical (unpaired) electrons. The first-order valence-electron chi connectivity index (χ1n) is 6.03. The van der Waals surface area contributed by atoms with Gasteiger partial charge in [-0.1, -0.05) is 15.9 Å². The number of nitrogens with zero attached hydrogens (tertiary/aromatic N) is 2.